The van der Waals surface area contributed by atoms with Crippen molar-refractivity contribution < 1.29 is 41.4 Å². The van der Waals surface area contributed by atoms with Crippen LogP contribution in [0.15, 0.2) is 35.5 Å². The average molecular weight is 394 g/mol. The Hall–Kier alpha value is -2.69. The molecule has 0 aromatic heterocycles. The number of methoxy groups -OCH3 is 1. The Morgan fingerprint density at radius 2 is 1.89 bits per heavy atom. The first-order valence-corrected chi connectivity index (χ1v) is 7.57. The van der Waals surface area contributed by atoms with Crippen LogP contribution in [0.3, 0.4) is 0 Å². The Balaban J connectivity index is 2.49. The van der Waals surface area contributed by atoms with Crippen LogP contribution >= 0.6 is 0 Å². The maximum atomic E-state index is 13.8. The molecule has 0 fully saturated rings. The van der Waals surface area contributed by atoms with Gasteiger partial charge < -0.3 is 20.1 Å². The van der Waals surface area contributed by atoms with Crippen molar-refractivity contribution in [3.63, 3.8) is 0 Å². The number of benzene rings is 1. The third-order valence-corrected chi connectivity index (χ3v) is 3.83. The van der Waals surface area contributed by atoms with Gasteiger partial charge in [-0.3, -0.25) is 4.79 Å². The van der Waals surface area contributed by atoms with Gasteiger partial charge in [0, 0.05) is 12.2 Å². The summed E-state index contributed by atoms with van der Waals surface area (Å²) in [5.41, 5.74) is -2.82. The molecule has 0 atom stereocenters. The van der Waals surface area contributed by atoms with Crippen LogP contribution in [0.1, 0.15) is 5.56 Å². The zero-order valence-corrected chi connectivity index (χ0v) is 13.9. The van der Waals surface area contributed by atoms with Crippen LogP contribution in [0.4, 0.5) is 27.6 Å². The third-order valence-electron chi connectivity index (χ3n) is 3.83. The molecular formula is C16H15F5N2O4. The van der Waals surface area contributed by atoms with Gasteiger partial charge in [-0.2, -0.15) is 22.0 Å². The number of carbonyl (C=O) groups is 2. The monoisotopic (exact) mass is 394 g/mol. The number of hydrogen-bond donors (Lipinski definition) is 2. The number of carbonyl (C=O) groups excluding carboxylic acids is 2. The lowest BCUT2D eigenvalue weighted by Crippen LogP contribution is -2.35. The van der Waals surface area contributed by atoms with Gasteiger partial charge in [-0.1, -0.05) is 18.2 Å². The smallest absolute Gasteiger partial charge is 0.458 e. The number of halogens is 5. The molecule has 1 aromatic carbocycles. The normalized spacial score (nSPS) is 15.4. The number of nitrogens with zero attached hydrogens (tertiary/aromatic N) is 1. The van der Waals surface area contributed by atoms with E-state index in [2.05, 4.69) is 10.1 Å². The van der Waals surface area contributed by atoms with Crippen molar-refractivity contribution in [2.75, 3.05) is 32.1 Å². The Morgan fingerprint density at radius 3 is 2.44 bits per heavy atom. The topological polar surface area (TPSA) is 78.9 Å². The maximum absolute atomic E-state index is 13.8. The van der Waals surface area contributed by atoms with Crippen molar-refractivity contribution in [2.45, 2.75) is 12.1 Å². The van der Waals surface area contributed by atoms with E-state index in [9.17, 15) is 31.5 Å². The fourth-order valence-electron chi connectivity index (χ4n) is 2.50. The molecule has 0 saturated carbocycles. The van der Waals surface area contributed by atoms with Gasteiger partial charge in [0.15, 0.2) is 0 Å². The van der Waals surface area contributed by atoms with Crippen LogP contribution in [0.25, 0.3) is 0 Å². The van der Waals surface area contributed by atoms with Gasteiger partial charge in [0.1, 0.15) is 5.70 Å². The lowest BCUT2D eigenvalue weighted by atomic mass is 10.0. The molecule has 1 aromatic rings. The van der Waals surface area contributed by atoms with Gasteiger partial charge >= 0.3 is 18.1 Å². The second-order valence-corrected chi connectivity index (χ2v) is 5.54. The molecule has 1 heterocycles. The molecule has 148 valence electrons. The van der Waals surface area contributed by atoms with Crippen molar-refractivity contribution in [2.24, 2.45) is 0 Å². The number of β-amino-alcohol motifs (C(OH)–C–C–N with tert-alkyl or cyclic N) is 1. The predicted octanol–water partition coefficient (Wildman–Crippen LogP) is 2.01. The predicted molar refractivity (Wildman–Crippen MR) is 82.7 cm³/mol. The molecule has 1 aliphatic heterocycles. The fourth-order valence-corrected chi connectivity index (χ4v) is 2.50. The first-order valence-electron chi connectivity index (χ1n) is 7.57. The van der Waals surface area contributed by atoms with E-state index in [1.165, 1.54) is 6.07 Å². The fraction of sp³-hybridized carbons (Fsp3) is 0.375. The molecule has 27 heavy (non-hydrogen) atoms. The Kier molecular flexibility index (Phi) is 5.73. The molecule has 0 unspecified atom stereocenters. The second kappa shape index (κ2) is 7.51. The number of hydrogen-bond acceptors (Lipinski definition) is 5. The number of ether oxygens (including phenoxy) is 1. The first kappa shape index (κ1) is 20.6. The maximum Gasteiger partial charge on any atom is 0.458 e. The summed E-state index contributed by atoms with van der Waals surface area (Å²) in [6.07, 6.45) is -5.85. The molecule has 0 spiro atoms. The number of rotatable bonds is 6. The van der Waals surface area contributed by atoms with E-state index in [0.717, 1.165) is 24.1 Å². The minimum atomic E-state index is -5.85. The molecule has 11 heteroatoms. The molecule has 6 nitrogen and oxygen atoms in total. The highest BCUT2D eigenvalue weighted by atomic mass is 19.4. The van der Waals surface area contributed by atoms with E-state index in [4.69, 9.17) is 5.11 Å². The number of esters is 1. The van der Waals surface area contributed by atoms with Gasteiger partial charge in [0.05, 0.1) is 31.4 Å². The van der Waals surface area contributed by atoms with Crippen LogP contribution in [0.2, 0.25) is 0 Å². The molecule has 0 saturated heterocycles. The summed E-state index contributed by atoms with van der Waals surface area (Å²) in [6, 6.07) is 3.68. The molecule has 2 N–H and O–H groups in total. The lowest BCUT2D eigenvalue weighted by Gasteiger charge is -2.23. The number of para-hydroxylation sites is 1. The average Bonchev–Trinajstić information content (AvgIpc) is 2.90. The van der Waals surface area contributed by atoms with Crippen LogP contribution in [0.5, 0.6) is 0 Å². The highest BCUT2D eigenvalue weighted by Gasteiger charge is 2.59. The number of aliphatic hydroxyl groups excluding tert-OH is 1. The van der Waals surface area contributed by atoms with Gasteiger partial charge in [0.25, 0.3) is 5.91 Å². The Morgan fingerprint density at radius 1 is 1.26 bits per heavy atom. The van der Waals surface area contributed by atoms with Crippen molar-refractivity contribution >= 4 is 17.6 Å². The van der Waals surface area contributed by atoms with Crippen LogP contribution < -0.4 is 5.32 Å². The number of anilines is 1. The summed E-state index contributed by atoms with van der Waals surface area (Å²) in [6.45, 7) is -0.882. The molecular weight excluding hydrogens is 379 g/mol. The Bertz CT molecular complexity index is 776. The lowest BCUT2D eigenvalue weighted by molar-refractivity contribution is -0.289. The molecule has 0 radical (unpaired) electrons. The summed E-state index contributed by atoms with van der Waals surface area (Å²) < 4.78 is 70.4. The number of alkyl halides is 5. The molecule has 1 aliphatic rings. The van der Waals surface area contributed by atoms with Crippen molar-refractivity contribution in [3.05, 3.63) is 41.1 Å². The van der Waals surface area contributed by atoms with E-state index in [1.807, 2.05) is 0 Å². The van der Waals surface area contributed by atoms with E-state index in [0.29, 0.717) is 6.07 Å². The van der Waals surface area contributed by atoms with Crippen molar-refractivity contribution in [1.82, 2.24) is 4.90 Å². The summed E-state index contributed by atoms with van der Waals surface area (Å²) in [5.74, 6) is -6.98. The van der Waals surface area contributed by atoms with Crippen LogP contribution in [-0.2, 0) is 20.2 Å². The summed E-state index contributed by atoms with van der Waals surface area (Å²) >= 11 is 0. The molecule has 0 bridgehead atoms. The number of amides is 1. The molecule has 1 amide bonds. The van der Waals surface area contributed by atoms with Gasteiger partial charge in [-0.15, -0.1) is 0 Å². The van der Waals surface area contributed by atoms with Crippen LogP contribution in [-0.4, -0.2) is 54.9 Å². The standard InChI is InChI=1S/C16H15F5N2O4/c1-27-14(26)9-8-23(6-7-24)13(25)12(9)22-11-5-3-2-4-10(11)15(17,18)16(19,20)21/h2-5,22,24H,6-8H2,1H3. The minimum Gasteiger partial charge on any atom is -0.466 e. The largest absolute Gasteiger partial charge is 0.466 e. The zero-order valence-electron chi connectivity index (χ0n) is 13.9. The molecule has 2 rings (SSSR count). The van der Waals surface area contributed by atoms with Gasteiger partial charge in [-0.05, 0) is 6.07 Å². The second-order valence-electron chi connectivity index (χ2n) is 5.54. The quantitative estimate of drug-likeness (QED) is 0.570. The van der Waals surface area contributed by atoms with E-state index < -0.39 is 47.5 Å². The SMILES string of the molecule is COC(=O)C1=C(Nc2ccccc2C(F)(F)C(F)(F)F)C(=O)N(CCO)C1. The van der Waals surface area contributed by atoms with Crippen molar-refractivity contribution in [1.29, 1.82) is 0 Å². The van der Waals surface area contributed by atoms with Crippen molar-refractivity contribution in [3.8, 4) is 0 Å². The van der Waals surface area contributed by atoms with E-state index in [-0.39, 0.29) is 18.7 Å². The summed E-state index contributed by atoms with van der Waals surface area (Å²) in [7, 11) is 1.03. The molecule has 0 aliphatic carbocycles. The highest BCUT2D eigenvalue weighted by Crippen LogP contribution is 2.46. The Labute approximate surface area is 150 Å². The van der Waals surface area contributed by atoms with E-state index >= 15 is 0 Å². The minimum absolute atomic E-state index is 0.162. The summed E-state index contributed by atoms with van der Waals surface area (Å²) in [4.78, 5) is 25.3. The number of nitrogens with one attached hydrogen (secondary N) is 1. The number of aliphatic hydroxyl groups is 1. The van der Waals surface area contributed by atoms with Crippen LogP contribution in [0, 0.1) is 0 Å². The van der Waals surface area contributed by atoms with Gasteiger partial charge in [-0.25, -0.2) is 4.79 Å². The zero-order chi connectivity index (χ0) is 20.4. The summed E-state index contributed by atoms with van der Waals surface area (Å²) in [5, 5.41) is 11.2. The van der Waals surface area contributed by atoms with Gasteiger partial charge in [0.2, 0.25) is 0 Å². The van der Waals surface area contributed by atoms with E-state index in [1.54, 1.807) is 0 Å². The third kappa shape index (κ3) is 3.87. The first-order chi connectivity index (χ1) is 12.5. The highest BCUT2D eigenvalue weighted by molar-refractivity contribution is 6.08.